The van der Waals surface area contributed by atoms with E-state index in [1.165, 1.54) is 0 Å². The number of likely N-dealkylation sites (tertiary alicyclic amines) is 1. The Labute approximate surface area is 115 Å². The monoisotopic (exact) mass is 264 g/mol. The van der Waals surface area contributed by atoms with Crippen LogP contribution in [0, 0.1) is 0 Å². The third-order valence-electron chi connectivity index (χ3n) is 3.62. The Kier molecular flexibility index (Phi) is 5.16. The van der Waals surface area contributed by atoms with Crippen molar-refractivity contribution >= 4 is 5.78 Å². The zero-order chi connectivity index (χ0) is 13.7. The van der Waals surface area contributed by atoms with E-state index in [1.54, 1.807) is 0 Å². The van der Waals surface area contributed by atoms with Crippen molar-refractivity contribution in [2.24, 2.45) is 7.05 Å². The van der Waals surface area contributed by atoms with E-state index in [4.69, 9.17) is 4.74 Å². The molecule has 1 aliphatic heterocycles. The Morgan fingerprint density at radius 1 is 1.53 bits per heavy atom. The molecule has 2 rings (SSSR count). The number of nitrogens with zero attached hydrogens (tertiary/aromatic N) is 2. The van der Waals surface area contributed by atoms with Gasteiger partial charge >= 0.3 is 0 Å². The normalized spacial score (nSPS) is 20.6. The largest absolute Gasteiger partial charge is 0.377 e. The number of piperidine rings is 1. The zero-order valence-corrected chi connectivity index (χ0v) is 12.0. The highest BCUT2D eigenvalue weighted by molar-refractivity contribution is 5.96. The summed E-state index contributed by atoms with van der Waals surface area (Å²) in [5.41, 5.74) is 0.789. The minimum atomic E-state index is 0.198. The fourth-order valence-corrected chi connectivity index (χ4v) is 2.61. The van der Waals surface area contributed by atoms with Gasteiger partial charge in [0, 0.05) is 26.4 Å². The summed E-state index contributed by atoms with van der Waals surface area (Å²) in [5.74, 6) is 0.198. The average Bonchev–Trinajstić information content (AvgIpc) is 2.83. The summed E-state index contributed by atoms with van der Waals surface area (Å²) in [7, 11) is 1.91. The van der Waals surface area contributed by atoms with Gasteiger partial charge in [-0.15, -0.1) is 0 Å². The summed E-state index contributed by atoms with van der Waals surface area (Å²) in [6, 6.07) is 3.80. The molecular weight excluding hydrogens is 240 g/mol. The molecule has 0 aromatic carbocycles. The fraction of sp³-hybridized carbons (Fsp3) is 0.667. The van der Waals surface area contributed by atoms with Crippen molar-refractivity contribution in [2.45, 2.75) is 32.3 Å². The van der Waals surface area contributed by atoms with Crippen molar-refractivity contribution in [3.05, 3.63) is 24.0 Å². The Hall–Kier alpha value is -1.13. The van der Waals surface area contributed by atoms with Crippen LogP contribution in [0.5, 0.6) is 0 Å². The van der Waals surface area contributed by atoms with Gasteiger partial charge in [0.05, 0.1) is 18.3 Å². The standard InChI is InChI=1S/C15H24N2O2/c1-3-10-19-13-6-4-9-17(11-13)12-15(18)14-7-5-8-16(14)2/h5,7-8,13H,3-4,6,9-12H2,1-2H3. The van der Waals surface area contributed by atoms with Crippen molar-refractivity contribution in [3.63, 3.8) is 0 Å². The van der Waals surface area contributed by atoms with Gasteiger partial charge in [-0.2, -0.15) is 0 Å². The first-order valence-electron chi connectivity index (χ1n) is 7.19. The molecule has 2 heterocycles. The van der Waals surface area contributed by atoms with Crippen molar-refractivity contribution in [1.82, 2.24) is 9.47 Å². The molecule has 4 nitrogen and oxygen atoms in total. The molecule has 0 N–H and O–H groups in total. The van der Waals surface area contributed by atoms with E-state index in [2.05, 4.69) is 11.8 Å². The van der Waals surface area contributed by atoms with Gasteiger partial charge in [-0.25, -0.2) is 0 Å². The van der Waals surface area contributed by atoms with Crippen LogP contribution in [-0.4, -0.2) is 47.6 Å². The topological polar surface area (TPSA) is 34.5 Å². The summed E-state index contributed by atoms with van der Waals surface area (Å²) >= 11 is 0. The number of hydrogen-bond acceptors (Lipinski definition) is 3. The number of hydrogen-bond donors (Lipinski definition) is 0. The van der Waals surface area contributed by atoms with E-state index in [0.29, 0.717) is 12.6 Å². The van der Waals surface area contributed by atoms with Gasteiger partial charge in [-0.1, -0.05) is 6.92 Å². The van der Waals surface area contributed by atoms with Crippen LogP contribution in [0.1, 0.15) is 36.7 Å². The maximum Gasteiger partial charge on any atom is 0.193 e. The molecule has 0 aliphatic carbocycles. The molecule has 0 amide bonds. The van der Waals surface area contributed by atoms with Crippen molar-refractivity contribution in [1.29, 1.82) is 0 Å². The quantitative estimate of drug-likeness (QED) is 0.738. The first-order valence-corrected chi connectivity index (χ1v) is 7.19. The van der Waals surface area contributed by atoms with Crippen LogP contribution < -0.4 is 0 Å². The lowest BCUT2D eigenvalue weighted by Crippen LogP contribution is -2.42. The molecule has 0 saturated carbocycles. The van der Waals surface area contributed by atoms with Crippen molar-refractivity contribution in [3.8, 4) is 0 Å². The van der Waals surface area contributed by atoms with Crippen LogP contribution in [0.4, 0.5) is 0 Å². The second-order valence-corrected chi connectivity index (χ2v) is 5.30. The molecule has 0 radical (unpaired) electrons. The number of carbonyl (C=O) groups excluding carboxylic acids is 1. The molecule has 1 atom stereocenters. The molecular formula is C15H24N2O2. The van der Waals surface area contributed by atoms with Crippen molar-refractivity contribution in [2.75, 3.05) is 26.2 Å². The molecule has 0 bridgehead atoms. The Morgan fingerprint density at radius 3 is 3.05 bits per heavy atom. The van der Waals surface area contributed by atoms with E-state index in [1.807, 2.05) is 29.9 Å². The molecule has 4 heteroatoms. The summed E-state index contributed by atoms with van der Waals surface area (Å²) in [6.45, 7) is 5.34. The Balaban J connectivity index is 1.85. The van der Waals surface area contributed by atoms with Gasteiger partial charge in [0.2, 0.25) is 0 Å². The van der Waals surface area contributed by atoms with Gasteiger partial charge in [0.1, 0.15) is 0 Å². The molecule has 1 unspecified atom stereocenters. The van der Waals surface area contributed by atoms with Crippen molar-refractivity contribution < 1.29 is 9.53 Å². The lowest BCUT2D eigenvalue weighted by molar-refractivity contribution is 0.00124. The van der Waals surface area contributed by atoms with Gasteiger partial charge in [-0.05, 0) is 37.9 Å². The minimum absolute atomic E-state index is 0.198. The predicted octanol–water partition coefficient (Wildman–Crippen LogP) is 2.10. The number of rotatable bonds is 6. The fourth-order valence-electron chi connectivity index (χ4n) is 2.61. The van der Waals surface area contributed by atoms with Gasteiger partial charge < -0.3 is 9.30 Å². The summed E-state index contributed by atoms with van der Waals surface area (Å²) < 4.78 is 7.69. The SMILES string of the molecule is CCCOC1CCCN(CC(=O)c2cccn2C)C1. The average molecular weight is 264 g/mol. The summed E-state index contributed by atoms with van der Waals surface area (Å²) in [4.78, 5) is 14.4. The number of carbonyl (C=O) groups is 1. The van der Waals surface area contributed by atoms with Gasteiger partial charge in [-0.3, -0.25) is 9.69 Å². The van der Waals surface area contributed by atoms with Gasteiger partial charge in [0.15, 0.2) is 5.78 Å². The van der Waals surface area contributed by atoms with E-state index >= 15 is 0 Å². The van der Waals surface area contributed by atoms with E-state index in [-0.39, 0.29) is 5.78 Å². The Bertz CT molecular complexity index is 414. The minimum Gasteiger partial charge on any atom is -0.377 e. The predicted molar refractivity (Wildman–Crippen MR) is 75.4 cm³/mol. The first kappa shape index (κ1) is 14.3. The van der Waals surface area contributed by atoms with Gasteiger partial charge in [0.25, 0.3) is 0 Å². The second-order valence-electron chi connectivity index (χ2n) is 5.30. The Morgan fingerprint density at radius 2 is 2.37 bits per heavy atom. The van der Waals surface area contributed by atoms with Crippen LogP contribution in [-0.2, 0) is 11.8 Å². The molecule has 19 heavy (non-hydrogen) atoms. The van der Waals surface area contributed by atoms with E-state index < -0.39 is 0 Å². The lowest BCUT2D eigenvalue weighted by Gasteiger charge is -2.32. The smallest absolute Gasteiger partial charge is 0.193 e. The van der Waals surface area contributed by atoms with E-state index in [0.717, 1.165) is 44.7 Å². The highest BCUT2D eigenvalue weighted by Crippen LogP contribution is 2.14. The van der Waals surface area contributed by atoms with Crippen LogP contribution in [0.3, 0.4) is 0 Å². The lowest BCUT2D eigenvalue weighted by atomic mass is 10.1. The number of aryl methyl sites for hydroxylation is 1. The molecule has 1 aromatic heterocycles. The molecule has 1 aromatic rings. The highest BCUT2D eigenvalue weighted by Gasteiger charge is 2.22. The van der Waals surface area contributed by atoms with Crippen LogP contribution >= 0.6 is 0 Å². The number of aromatic nitrogens is 1. The maximum atomic E-state index is 12.2. The molecule has 1 aliphatic rings. The summed E-state index contributed by atoms with van der Waals surface area (Å²) in [5, 5.41) is 0. The first-order chi connectivity index (χ1) is 9.20. The third kappa shape index (κ3) is 3.91. The van der Waals surface area contributed by atoms with Crippen LogP contribution in [0.2, 0.25) is 0 Å². The van der Waals surface area contributed by atoms with Crippen LogP contribution in [0.25, 0.3) is 0 Å². The molecule has 0 spiro atoms. The third-order valence-corrected chi connectivity index (χ3v) is 3.62. The second kappa shape index (κ2) is 6.87. The molecule has 1 fully saturated rings. The highest BCUT2D eigenvalue weighted by atomic mass is 16.5. The zero-order valence-electron chi connectivity index (χ0n) is 12.0. The van der Waals surface area contributed by atoms with E-state index in [9.17, 15) is 4.79 Å². The maximum absolute atomic E-state index is 12.2. The summed E-state index contributed by atoms with van der Waals surface area (Å²) in [6.07, 6.45) is 5.51. The van der Waals surface area contributed by atoms with Crippen LogP contribution in [0.15, 0.2) is 18.3 Å². The number of Topliss-reactive ketones (excluding diaryl/α,β-unsaturated/α-hetero) is 1. The molecule has 1 saturated heterocycles. The number of ether oxygens (including phenoxy) is 1. The molecule has 106 valence electrons. The number of ketones is 1.